The van der Waals surface area contributed by atoms with Crippen molar-refractivity contribution >= 4 is 67.4 Å². The topological polar surface area (TPSA) is 68.3 Å². The van der Waals surface area contributed by atoms with E-state index in [1.165, 1.54) is 0 Å². The molecule has 0 fully saturated rings. The molecule has 0 heterocycles. The van der Waals surface area contributed by atoms with Crippen LogP contribution in [0.25, 0.3) is 0 Å². The second-order valence-electron chi connectivity index (χ2n) is 2.62. The highest BCUT2D eigenvalue weighted by Crippen LogP contribution is 2.04. The number of halogens is 4. The maximum Gasteiger partial charge on any atom is 0.248 e. The summed E-state index contributed by atoms with van der Waals surface area (Å²) in [6.07, 6.45) is -0.113. The lowest BCUT2D eigenvalue weighted by molar-refractivity contribution is -0.116. The predicted molar refractivity (Wildman–Crippen MR) is 66.4 cm³/mol. The fourth-order valence-electron chi connectivity index (χ4n) is 0.434. The Morgan fingerprint density at radius 1 is 0.765 bits per heavy atom. The first kappa shape index (κ1) is 18.9. The average Bonchev–Trinajstić information content (AvgIpc) is 2.14. The Hall–Kier alpha value is -0.420. The van der Waals surface area contributed by atoms with Gasteiger partial charge < -0.3 is 0 Å². The highest BCUT2D eigenvalue weighted by molar-refractivity contribution is 6.69. The van der Waals surface area contributed by atoms with Gasteiger partial charge in [0.2, 0.25) is 21.0 Å². The van der Waals surface area contributed by atoms with Crippen LogP contribution in [0.1, 0.15) is 19.3 Å². The van der Waals surface area contributed by atoms with Crippen LogP contribution in [0.15, 0.2) is 12.2 Å². The van der Waals surface area contributed by atoms with E-state index in [-0.39, 0.29) is 24.8 Å². The standard InChI is InChI=1S/C5H4Cl2O2.C4H4Cl2O2/c1-3(5(7)9)2-4(6)8;5-3(7)1-2-4(6)8/h1-2H2;1-2H2. The first-order valence-corrected chi connectivity index (χ1v) is 5.60. The van der Waals surface area contributed by atoms with Gasteiger partial charge >= 0.3 is 0 Å². The second-order valence-corrected chi connectivity index (χ2v) is 4.23. The summed E-state index contributed by atoms with van der Waals surface area (Å²) in [5.41, 5.74) is 0.0247. The van der Waals surface area contributed by atoms with Crippen LogP contribution in [0.4, 0.5) is 0 Å². The highest BCUT2D eigenvalue weighted by Gasteiger charge is 2.05. The summed E-state index contributed by atoms with van der Waals surface area (Å²) in [4.78, 5) is 40.0. The van der Waals surface area contributed by atoms with E-state index in [9.17, 15) is 19.2 Å². The molecule has 0 radical (unpaired) electrons. The SMILES string of the molecule is C=C(CC(=O)Cl)C(=O)Cl.O=C(Cl)CCC(=O)Cl. The summed E-state index contributed by atoms with van der Waals surface area (Å²) < 4.78 is 0. The summed E-state index contributed by atoms with van der Waals surface area (Å²) in [6.45, 7) is 3.21. The molecule has 0 amide bonds. The molecule has 0 N–H and O–H groups in total. The van der Waals surface area contributed by atoms with Crippen molar-refractivity contribution in [2.45, 2.75) is 19.3 Å². The molecule has 0 rings (SSSR count). The molecule has 8 heteroatoms. The normalized spacial score (nSPS) is 8.71. The average molecular weight is 322 g/mol. The van der Waals surface area contributed by atoms with Crippen molar-refractivity contribution in [2.75, 3.05) is 0 Å². The van der Waals surface area contributed by atoms with Crippen molar-refractivity contribution in [2.24, 2.45) is 0 Å². The van der Waals surface area contributed by atoms with Gasteiger partial charge in [-0.3, -0.25) is 19.2 Å². The number of carbonyl (C=O) groups excluding carboxylic acids is 4. The fourth-order valence-corrected chi connectivity index (χ4v) is 0.851. The van der Waals surface area contributed by atoms with E-state index >= 15 is 0 Å². The third-order valence-electron chi connectivity index (χ3n) is 1.15. The summed E-state index contributed by atoms with van der Waals surface area (Å²) in [7, 11) is 0. The molecule has 0 aliphatic rings. The Morgan fingerprint density at radius 2 is 1.12 bits per heavy atom. The molecular formula is C9H8Cl4O4. The molecule has 4 nitrogen and oxygen atoms in total. The Morgan fingerprint density at radius 3 is 1.24 bits per heavy atom. The van der Waals surface area contributed by atoms with Gasteiger partial charge in [-0.25, -0.2) is 0 Å². The van der Waals surface area contributed by atoms with E-state index in [1.807, 2.05) is 0 Å². The lowest BCUT2D eigenvalue weighted by Crippen LogP contribution is -1.95. The summed E-state index contributed by atoms with van der Waals surface area (Å²) in [6, 6.07) is 0. The smallest absolute Gasteiger partial charge is 0.248 e. The molecule has 96 valence electrons. The summed E-state index contributed by atoms with van der Waals surface area (Å²) >= 11 is 19.6. The zero-order valence-corrected chi connectivity index (χ0v) is 11.5. The molecule has 0 bridgehead atoms. The molecular weight excluding hydrogens is 314 g/mol. The maximum atomic E-state index is 10.1. The van der Waals surface area contributed by atoms with E-state index in [0.29, 0.717) is 0 Å². The first-order valence-electron chi connectivity index (χ1n) is 4.09. The minimum Gasteiger partial charge on any atom is -0.281 e. The molecule has 0 atom stereocenters. The number of rotatable bonds is 6. The van der Waals surface area contributed by atoms with Gasteiger partial charge in [-0.1, -0.05) is 6.58 Å². The molecule has 0 aromatic heterocycles. The first-order chi connectivity index (χ1) is 7.66. The van der Waals surface area contributed by atoms with Gasteiger partial charge in [0.05, 0.1) is 6.42 Å². The molecule has 0 aliphatic heterocycles. The Labute approximate surface area is 118 Å². The van der Waals surface area contributed by atoms with E-state index in [0.717, 1.165) is 0 Å². The van der Waals surface area contributed by atoms with Crippen LogP contribution < -0.4 is 0 Å². The molecule has 0 aliphatic carbocycles. The van der Waals surface area contributed by atoms with Crippen LogP contribution in [0.5, 0.6) is 0 Å². The Balaban J connectivity index is 0. The largest absolute Gasteiger partial charge is 0.281 e. The fraction of sp³-hybridized carbons (Fsp3) is 0.333. The van der Waals surface area contributed by atoms with Gasteiger partial charge in [0.25, 0.3) is 0 Å². The van der Waals surface area contributed by atoms with Gasteiger partial charge in [0.15, 0.2) is 0 Å². The van der Waals surface area contributed by atoms with Crippen molar-refractivity contribution in [1.82, 2.24) is 0 Å². The van der Waals surface area contributed by atoms with E-state index < -0.39 is 21.0 Å². The van der Waals surface area contributed by atoms with Crippen molar-refractivity contribution in [3.05, 3.63) is 12.2 Å². The molecule has 0 saturated heterocycles. The molecule has 0 aromatic rings. The molecule has 0 unspecified atom stereocenters. The molecule has 0 aromatic carbocycles. The lowest BCUT2D eigenvalue weighted by Gasteiger charge is -1.89. The van der Waals surface area contributed by atoms with Gasteiger partial charge in [-0.15, -0.1) is 0 Å². The zero-order valence-electron chi connectivity index (χ0n) is 8.47. The van der Waals surface area contributed by atoms with Crippen LogP contribution in [0.3, 0.4) is 0 Å². The van der Waals surface area contributed by atoms with Gasteiger partial charge in [0, 0.05) is 18.4 Å². The minimum atomic E-state index is -0.719. The Kier molecular flexibility index (Phi) is 11.9. The quantitative estimate of drug-likeness (QED) is 0.557. The van der Waals surface area contributed by atoms with Gasteiger partial charge in [-0.2, -0.15) is 0 Å². The van der Waals surface area contributed by atoms with Crippen molar-refractivity contribution in [3.63, 3.8) is 0 Å². The molecule has 0 saturated carbocycles. The summed E-state index contributed by atoms with van der Waals surface area (Å²) in [5, 5.41) is -2.41. The lowest BCUT2D eigenvalue weighted by atomic mass is 10.2. The maximum absolute atomic E-state index is 10.1. The third kappa shape index (κ3) is 18.2. The van der Waals surface area contributed by atoms with Crippen LogP contribution in [-0.4, -0.2) is 21.0 Å². The van der Waals surface area contributed by atoms with Crippen molar-refractivity contribution in [3.8, 4) is 0 Å². The Bertz CT molecular complexity index is 324. The highest BCUT2D eigenvalue weighted by atomic mass is 35.5. The number of carbonyl (C=O) groups is 4. The van der Waals surface area contributed by atoms with E-state index in [2.05, 4.69) is 6.58 Å². The molecule has 17 heavy (non-hydrogen) atoms. The minimum absolute atomic E-state index is 0.0247. The van der Waals surface area contributed by atoms with Crippen LogP contribution >= 0.6 is 46.4 Å². The van der Waals surface area contributed by atoms with Crippen molar-refractivity contribution < 1.29 is 19.2 Å². The zero-order chi connectivity index (χ0) is 14.0. The number of hydrogen-bond donors (Lipinski definition) is 0. The van der Waals surface area contributed by atoms with Crippen LogP contribution in [0.2, 0.25) is 0 Å². The van der Waals surface area contributed by atoms with Gasteiger partial charge in [-0.05, 0) is 46.4 Å². The van der Waals surface area contributed by atoms with E-state index in [1.54, 1.807) is 0 Å². The molecule has 0 spiro atoms. The number of hydrogen-bond acceptors (Lipinski definition) is 4. The van der Waals surface area contributed by atoms with Crippen LogP contribution in [-0.2, 0) is 19.2 Å². The monoisotopic (exact) mass is 320 g/mol. The van der Waals surface area contributed by atoms with Crippen molar-refractivity contribution in [1.29, 1.82) is 0 Å². The van der Waals surface area contributed by atoms with Crippen LogP contribution in [0, 0.1) is 0 Å². The number of allylic oxidation sites excluding steroid dienone is 1. The third-order valence-corrected chi connectivity index (χ3v) is 1.93. The van der Waals surface area contributed by atoms with Gasteiger partial charge in [0.1, 0.15) is 0 Å². The predicted octanol–water partition coefficient (Wildman–Crippen LogP) is 2.76. The van der Waals surface area contributed by atoms with E-state index in [4.69, 9.17) is 46.4 Å². The second kappa shape index (κ2) is 10.7. The summed E-state index contributed by atoms with van der Waals surface area (Å²) in [5.74, 6) is 0.